The Balaban J connectivity index is 2.16. The molecule has 0 N–H and O–H groups in total. The molecule has 0 radical (unpaired) electrons. The van der Waals surface area contributed by atoms with Gasteiger partial charge in [0.1, 0.15) is 0 Å². The van der Waals surface area contributed by atoms with Crippen LogP contribution in [0.3, 0.4) is 0 Å². The van der Waals surface area contributed by atoms with Crippen molar-refractivity contribution in [3.8, 4) is 0 Å². The van der Waals surface area contributed by atoms with Gasteiger partial charge in [0, 0.05) is 0 Å². The first-order valence-corrected chi connectivity index (χ1v) is 4.65. The Morgan fingerprint density at radius 1 is 0.714 bits per heavy atom. The standard InChI is InChI=1S/C14H11/c1-3-7-13(8-4-1)11-12-14-9-5-2-6-10-14/h1-11H/q-1. The second-order valence-electron chi connectivity index (χ2n) is 3.07. The average Bonchev–Trinajstić information content (AvgIpc) is 2.29. The molecule has 0 fully saturated rings. The average molecular weight is 179 g/mol. The Morgan fingerprint density at radius 2 is 1.29 bits per heavy atom. The first-order valence-electron chi connectivity index (χ1n) is 4.65. The Hall–Kier alpha value is -1.82. The van der Waals surface area contributed by atoms with Crippen LogP contribution in [-0.2, 0) is 0 Å². The van der Waals surface area contributed by atoms with Crippen LogP contribution in [0.5, 0.6) is 0 Å². The lowest BCUT2D eigenvalue weighted by Gasteiger charge is -2.00. The molecule has 0 unspecified atom stereocenters. The molecular weight excluding hydrogens is 168 g/mol. The second kappa shape index (κ2) is 4.43. The molecule has 0 amide bonds. The van der Waals surface area contributed by atoms with Crippen molar-refractivity contribution < 1.29 is 0 Å². The summed E-state index contributed by atoms with van der Waals surface area (Å²) in [7, 11) is 0. The summed E-state index contributed by atoms with van der Waals surface area (Å²) in [6.07, 6.45) is 5.23. The smallest absolute Gasteiger partial charge is 0.0638 e. The van der Waals surface area contributed by atoms with Gasteiger partial charge in [-0.15, -0.1) is 42.0 Å². The highest BCUT2D eigenvalue weighted by Gasteiger charge is 1.77. The molecule has 68 valence electrons. The summed E-state index contributed by atoms with van der Waals surface area (Å²) in [6, 6.07) is 20.3. The van der Waals surface area contributed by atoms with Gasteiger partial charge in [-0.05, 0) is 0 Å². The van der Waals surface area contributed by atoms with Crippen LogP contribution >= 0.6 is 0 Å². The van der Waals surface area contributed by atoms with Gasteiger partial charge in [0.05, 0.1) is 0 Å². The lowest BCUT2D eigenvalue weighted by Crippen LogP contribution is -1.72. The molecule has 0 aromatic heterocycles. The molecule has 0 heterocycles. The first kappa shape index (κ1) is 8.76. The minimum atomic E-state index is 1.11. The van der Waals surface area contributed by atoms with Crippen LogP contribution in [0.4, 0.5) is 0 Å². The van der Waals surface area contributed by atoms with Crippen molar-refractivity contribution in [2.45, 2.75) is 0 Å². The summed E-state index contributed by atoms with van der Waals surface area (Å²) in [4.78, 5) is 0. The summed E-state index contributed by atoms with van der Waals surface area (Å²) in [6.45, 7) is 0. The van der Waals surface area contributed by atoms with Crippen LogP contribution in [0, 0.1) is 6.08 Å². The molecule has 0 aliphatic rings. The molecule has 0 aliphatic heterocycles. The highest BCUT2D eigenvalue weighted by molar-refractivity contribution is 5.50. The summed E-state index contributed by atoms with van der Waals surface area (Å²) >= 11 is 0. The van der Waals surface area contributed by atoms with Gasteiger partial charge in [-0.3, -0.25) is 0 Å². The molecule has 0 saturated carbocycles. The van der Waals surface area contributed by atoms with E-state index in [0.717, 1.165) is 5.56 Å². The lowest BCUT2D eigenvalue weighted by molar-refractivity contribution is 1.57. The van der Waals surface area contributed by atoms with Crippen molar-refractivity contribution in [1.29, 1.82) is 0 Å². The highest BCUT2D eigenvalue weighted by atomic mass is 13.9. The van der Waals surface area contributed by atoms with Gasteiger partial charge >= 0.3 is 0 Å². The quantitative estimate of drug-likeness (QED) is 0.488. The van der Waals surface area contributed by atoms with Crippen molar-refractivity contribution in [2.24, 2.45) is 0 Å². The molecule has 0 saturated heterocycles. The minimum Gasteiger partial charge on any atom is -0.150 e. The van der Waals surface area contributed by atoms with E-state index in [2.05, 4.69) is 18.2 Å². The molecule has 2 aromatic carbocycles. The van der Waals surface area contributed by atoms with Crippen LogP contribution in [0.1, 0.15) is 11.1 Å². The highest BCUT2D eigenvalue weighted by Crippen LogP contribution is 2.04. The number of hydrogen-bond acceptors (Lipinski definition) is 0. The van der Waals surface area contributed by atoms with Crippen molar-refractivity contribution in [1.82, 2.24) is 0 Å². The summed E-state index contributed by atoms with van der Waals surface area (Å²) in [5.74, 6) is 0. The molecule has 0 spiro atoms. The molecule has 0 bridgehead atoms. The molecule has 2 aromatic rings. The maximum absolute atomic E-state index is 3.24. The van der Waals surface area contributed by atoms with Crippen LogP contribution < -0.4 is 0 Å². The minimum absolute atomic E-state index is 1.11. The van der Waals surface area contributed by atoms with E-state index in [1.807, 2.05) is 54.6 Å². The van der Waals surface area contributed by atoms with Gasteiger partial charge in [0.25, 0.3) is 0 Å². The van der Waals surface area contributed by atoms with Gasteiger partial charge in [-0.1, -0.05) is 42.0 Å². The van der Waals surface area contributed by atoms with E-state index in [0.29, 0.717) is 0 Å². The fourth-order valence-corrected chi connectivity index (χ4v) is 1.25. The van der Waals surface area contributed by atoms with E-state index in [1.165, 1.54) is 5.56 Å². The molecule has 14 heavy (non-hydrogen) atoms. The molecule has 0 aliphatic carbocycles. The first-order chi connectivity index (χ1) is 6.95. The van der Waals surface area contributed by atoms with Crippen molar-refractivity contribution >= 4 is 6.08 Å². The Morgan fingerprint density at radius 3 is 1.93 bits per heavy atom. The predicted molar refractivity (Wildman–Crippen MR) is 59.7 cm³/mol. The van der Waals surface area contributed by atoms with Crippen LogP contribution in [-0.4, -0.2) is 0 Å². The molecule has 0 heteroatoms. The number of hydrogen-bond donors (Lipinski definition) is 0. The van der Waals surface area contributed by atoms with Gasteiger partial charge in [0.15, 0.2) is 0 Å². The van der Waals surface area contributed by atoms with E-state index in [9.17, 15) is 0 Å². The number of benzene rings is 2. The van der Waals surface area contributed by atoms with E-state index >= 15 is 0 Å². The summed E-state index contributed by atoms with van der Waals surface area (Å²) < 4.78 is 0. The van der Waals surface area contributed by atoms with E-state index in [-0.39, 0.29) is 0 Å². The van der Waals surface area contributed by atoms with Crippen LogP contribution in [0.15, 0.2) is 60.7 Å². The van der Waals surface area contributed by atoms with E-state index in [4.69, 9.17) is 0 Å². The van der Waals surface area contributed by atoms with Crippen molar-refractivity contribution in [3.63, 3.8) is 0 Å². The van der Waals surface area contributed by atoms with Gasteiger partial charge in [-0.2, -0.15) is 0 Å². The zero-order chi connectivity index (χ0) is 9.64. The molecular formula is C14H11-. The second-order valence-corrected chi connectivity index (χ2v) is 3.07. The monoisotopic (exact) mass is 179 g/mol. The fourth-order valence-electron chi connectivity index (χ4n) is 1.25. The van der Waals surface area contributed by atoms with Crippen molar-refractivity contribution in [2.75, 3.05) is 0 Å². The topological polar surface area (TPSA) is 0 Å². The maximum atomic E-state index is 3.24. The van der Waals surface area contributed by atoms with E-state index < -0.39 is 0 Å². The van der Waals surface area contributed by atoms with Crippen molar-refractivity contribution in [3.05, 3.63) is 77.9 Å². The van der Waals surface area contributed by atoms with E-state index in [1.54, 1.807) is 0 Å². The third-order valence-electron chi connectivity index (χ3n) is 1.98. The van der Waals surface area contributed by atoms with Gasteiger partial charge in [0.2, 0.25) is 0 Å². The van der Waals surface area contributed by atoms with Crippen LogP contribution in [0.2, 0.25) is 0 Å². The van der Waals surface area contributed by atoms with Gasteiger partial charge < -0.3 is 0 Å². The zero-order valence-electron chi connectivity index (χ0n) is 7.85. The maximum Gasteiger partial charge on any atom is -0.0638 e. The van der Waals surface area contributed by atoms with Gasteiger partial charge in [-0.25, -0.2) is 0 Å². The number of rotatable bonds is 2. The Bertz CT molecular complexity index is 357. The molecule has 0 atom stereocenters. The SMILES string of the molecule is [C-](=Cc1ccccc1)c1ccccc1. The Kier molecular flexibility index (Phi) is 2.77. The summed E-state index contributed by atoms with van der Waals surface area (Å²) in [5, 5.41) is 0. The third kappa shape index (κ3) is 2.33. The predicted octanol–water partition coefficient (Wildman–Crippen LogP) is 3.55. The Labute approximate surface area is 84.5 Å². The van der Waals surface area contributed by atoms with Crippen LogP contribution in [0.25, 0.3) is 6.08 Å². The normalized spacial score (nSPS) is 10.6. The molecule has 0 nitrogen and oxygen atoms in total. The lowest BCUT2D eigenvalue weighted by atomic mass is 10.1. The fraction of sp³-hybridized carbons (Fsp3) is 0. The summed E-state index contributed by atoms with van der Waals surface area (Å²) in [5.41, 5.74) is 2.28. The zero-order valence-corrected chi connectivity index (χ0v) is 7.85. The largest absolute Gasteiger partial charge is 0.150 e. The molecule has 2 rings (SSSR count). The third-order valence-corrected chi connectivity index (χ3v) is 1.98.